The fraction of sp³-hybridized carbons (Fsp3) is 0.923. The lowest BCUT2D eigenvalue weighted by molar-refractivity contribution is -0.0690. The van der Waals surface area contributed by atoms with Gasteiger partial charge in [-0.2, -0.15) is 0 Å². The quantitative estimate of drug-likeness (QED) is 0.714. The maximum Gasteiger partial charge on any atom is 0.315 e. The van der Waals surface area contributed by atoms with Crippen molar-refractivity contribution in [3.63, 3.8) is 0 Å². The van der Waals surface area contributed by atoms with Gasteiger partial charge in [-0.05, 0) is 47.5 Å². The Morgan fingerprint density at radius 3 is 2.50 bits per heavy atom. The van der Waals surface area contributed by atoms with Crippen molar-refractivity contribution in [1.82, 2.24) is 10.6 Å². The molecule has 1 rings (SSSR count). The summed E-state index contributed by atoms with van der Waals surface area (Å²) in [5, 5.41) is 14.6. The summed E-state index contributed by atoms with van der Waals surface area (Å²) in [5.74, 6) is 0. The van der Waals surface area contributed by atoms with Gasteiger partial charge in [0.2, 0.25) is 0 Å². The monoisotopic (exact) mass is 258 g/mol. The molecular weight excluding hydrogens is 232 g/mol. The molecule has 1 fully saturated rings. The molecule has 0 aliphatic carbocycles. The molecule has 0 radical (unpaired) electrons. The van der Waals surface area contributed by atoms with Crippen molar-refractivity contribution >= 4 is 6.03 Å². The van der Waals surface area contributed by atoms with Gasteiger partial charge in [0.25, 0.3) is 0 Å². The minimum absolute atomic E-state index is 0.00572. The second-order valence-electron chi connectivity index (χ2n) is 6.25. The van der Waals surface area contributed by atoms with Crippen LogP contribution in [-0.2, 0) is 4.74 Å². The third kappa shape index (κ3) is 4.14. The number of aliphatic hydroxyl groups is 1. The van der Waals surface area contributed by atoms with E-state index in [-0.39, 0.29) is 35.9 Å². The molecule has 1 saturated heterocycles. The average molecular weight is 258 g/mol. The number of carbonyl (C=O) groups is 1. The highest BCUT2D eigenvalue weighted by atomic mass is 16.5. The minimum atomic E-state index is -0.360. The molecule has 5 nitrogen and oxygen atoms in total. The predicted molar refractivity (Wildman–Crippen MR) is 70.5 cm³/mol. The van der Waals surface area contributed by atoms with Crippen molar-refractivity contribution in [1.29, 1.82) is 0 Å². The Bertz CT molecular complexity index is 303. The normalized spacial score (nSPS) is 26.7. The van der Waals surface area contributed by atoms with E-state index in [1.807, 2.05) is 34.6 Å². The van der Waals surface area contributed by atoms with Crippen molar-refractivity contribution < 1.29 is 14.6 Å². The Morgan fingerprint density at radius 1 is 1.44 bits per heavy atom. The van der Waals surface area contributed by atoms with Crippen LogP contribution in [0.5, 0.6) is 0 Å². The molecular formula is C13H26N2O3. The number of aliphatic hydroxyl groups excluding tert-OH is 1. The summed E-state index contributed by atoms with van der Waals surface area (Å²) < 4.78 is 5.92. The van der Waals surface area contributed by atoms with Gasteiger partial charge >= 0.3 is 6.03 Å². The maximum atomic E-state index is 11.8. The highest BCUT2D eigenvalue weighted by Gasteiger charge is 2.46. The topological polar surface area (TPSA) is 70.6 Å². The zero-order valence-corrected chi connectivity index (χ0v) is 12.0. The van der Waals surface area contributed by atoms with E-state index in [0.29, 0.717) is 6.42 Å². The van der Waals surface area contributed by atoms with E-state index in [9.17, 15) is 4.79 Å². The lowest BCUT2D eigenvalue weighted by Gasteiger charge is -2.28. The van der Waals surface area contributed by atoms with Gasteiger partial charge in [-0.1, -0.05) is 0 Å². The smallest absolute Gasteiger partial charge is 0.315 e. The summed E-state index contributed by atoms with van der Waals surface area (Å²) in [7, 11) is 0. The SMILES string of the molecule is CC(CCO)NC(=O)NC1CC(C)(C)OC1(C)C. The van der Waals surface area contributed by atoms with Gasteiger partial charge in [-0.25, -0.2) is 4.79 Å². The van der Waals surface area contributed by atoms with Crippen LogP contribution in [0, 0.1) is 0 Å². The van der Waals surface area contributed by atoms with E-state index >= 15 is 0 Å². The average Bonchev–Trinajstić information content (AvgIpc) is 2.33. The second-order valence-corrected chi connectivity index (χ2v) is 6.25. The summed E-state index contributed by atoms with van der Waals surface area (Å²) in [5.41, 5.74) is -0.570. The fourth-order valence-electron chi connectivity index (χ4n) is 2.48. The van der Waals surface area contributed by atoms with Crippen molar-refractivity contribution in [2.24, 2.45) is 0 Å². The molecule has 0 spiro atoms. The van der Waals surface area contributed by atoms with E-state index in [4.69, 9.17) is 9.84 Å². The van der Waals surface area contributed by atoms with Gasteiger partial charge in [0, 0.05) is 12.6 Å². The van der Waals surface area contributed by atoms with E-state index < -0.39 is 0 Å². The molecule has 0 aromatic carbocycles. The standard InChI is InChI=1S/C13H26N2O3/c1-9(6-7-16)14-11(17)15-10-8-12(2,3)18-13(10,4)5/h9-10,16H,6-8H2,1-5H3,(H2,14,15,17). The molecule has 0 aromatic heterocycles. The van der Waals surface area contributed by atoms with Crippen LogP contribution in [0.4, 0.5) is 4.79 Å². The number of carbonyl (C=O) groups excluding carboxylic acids is 1. The Balaban J connectivity index is 2.50. The number of amides is 2. The number of nitrogens with one attached hydrogen (secondary N) is 2. The zero-order chi connectivity index (χ0) is 14.0. The van der Waals surface area contributed by atoms with Crippen LogP contribution in [0.25, 0.3) is 0 Å². The molecule has 5 heteroatoms. The molecule has 1 heterocycles. The summed E-state index contributed by atoms with van der Waals surface area (Å²) in [6.07, 6.45) is 1.35. The minimum Gasteiger partial charge on any atom is -0.396 e. The van der Waals surface area contributed by atoms with Crippen LogP contribution in [-0.4, -0.2) is 41.0 Å². The van der Waals surface area contributed by atoms with Gasteiger partial charge < -0.3 is 20.5 Å². The first-order chi connectivity index (χ1) is 8.16. The zero-order valence-electron chi connectivity index (χ0n) is 12.0. The Labute approximate surface area is 109 Å². The largest absolute Gasteiger partial charge is 0.396 e. The number of hydrogen-bond acceptors (Lipinski definition) is 3. The van der Waals surface area contributed by atoms with Crippen LogP contribution in [0.1, 0.15) is 47.5 Å². The van der Waals surface area contributed by atoms with Gasteiger partial charge in [-0.15, -0.1) is 0 Å². The molecule has 1 aliphatic heterocycles. The highest BCUT2D eigenvalue weighted by Crippen LogP contribution is 2.37. The summed E-state index contributed by atoms with van der Waals surface area (Å²) in [6.45, 7) is 9.99. The molecule has 3 N–H and O–H groups in total. The Hall–Kier alpha value is -0.810. The lowest BCUT2D eigenvalue weighted by atomic mass is 9.95. The second kappa shape index (κ2) is 5.45. The van der Waals surface area contributed by atoms with E-state index in [1.54, 1.807) is 0 Å². The summed E-state index contributed by atoms with van der Waals surface area (Å²) in [6, 6.07) is -0.238. The Morgan fingerprint density at radius 2 is 2.06 bits per heavy atom. The summed E-state index contributed by atoms with van der Waals surface area (Å²) in [4.78, 5) is 11.8. The fourth-order valence-corrected chi connectivity index (χ4v) is 2.48. The molecule has 2 amide bonds. The molecule has 2 unspecified atom stereocenters. The number of urea groups is 1. The Kier molecular flexibility index (Phi) is 4.61. The first-order valence-electron chi connectivity index (χ1n) is 6.54. The van der Waals surface area contributed by atoms with E-state index in [0.717, 1.165) is 6.42 Å². The lowest BCUT2D eigenvalue weighted by Crippen LogP contribution is -2.51. The van der Waals surface area contributed by atoms with E-state index in [2.05, 4.69) is 10.6 Å². The van der Waals surface area contributed by atoms with Crippen LogP contribution in [0.2, 0.25) is 0 Å². The van der Waals surface area contributed by atoms with Crippen LogP contribution >= 0.6 is 0 Å². The molecule has 106 valence electrons. The number of ether oxygens (including phenoxy) is 1. The van der Waals surface area contributed by atoms with Crippen LogP contribution in [0.3, 0.4) is 0 Å². The first kappa shape index (κ1) is 15.2. The van der Waals surface area contributed by atoms with E-state index in [1.165, 1.54) is 0 Å². The van der Waals surface area contributed by atoms with Crippen molar-refractivity contribution in [2.75, 3.05) is 6.61 Å². The molecule has 0 aromatic rings. The van der Waals surface area contributed by atoms with Crippen LogP contribution < -0.4 is 10.6 Å². The molecule has 0 bridgehead atoms. The third-order valence-electron chi connectivity index (χ3n) is 3.32. The highest BCUT2D eigenvalue weighted by molar-refractivity contribution is 5.74. The summed E-state index contributed by atoms with van der Waals surface area (Å²) >= 11 is 0. The molecule has 2 atom stereocenters. The molecule has 1 aliphatic rings. The van der Waals surface area contributed by atoms with Gasteiger partial charge in [0.1, 0.15) is 0 Å². The van der Waals surface area contributed by atoms with Gasteiger partial charge in [0.05, 0.1) is 17.2 Å². The maximum absolute atomic E-state index is 11.8. The predicted octanol–water partition coefficient (Wildman–Crippen LogP) is 1.40. The van der Waals surface area contributed by atoms with Crippen molar-refractivity contribution in [3.8, 4) is 0 Å². The molecule has 0 saturated carbocycles. The van der Waals surface area contributed by atoms with Gasteiger partial charge in [-0.3, -0.25) is 0 Å². The van der Waals surface area contributed by atoms with Gasteiger partial charge in [0.15, 0.2) is 0 Å². The molecule has 18 heavy (non-hydrogen) atoms. The van der Waals surface area contributed by atoms with Crippen molar-refractivity contribution in [3.05, 3.63) is 0 Å². The third-order valence-corrected chi connectivity index (χ3v) is 3.32. The first-order valence-corrected chi connectivity index (χ1v) is 6.54. The van der Waals surface area contributed by atoms with Crippen LogP contribution in [0.15, 0.2) is 0 Å². The number of hydrogen-bond donors (Lipinski definition) is 3. The number of rotatable bonds is 4. The van der Waals surface area contributed by atoms with Crippen molar-refractivity contribution in [2.45, 2.75) is 70.7 Å².